The van der Waals surface area contributed by atoms with Gasteiger partial charge in [0.1, 0.15) is 11.0 Å². The van der Waals surface area contributed by atoms with E-state index in [-0.39, 0.29) is 16.4 Å². The average molecular weight is 298 g/mol. The van der Waals surface area contributed by atoms with Crippen LogP contribution in [-0.2, 0) is 10.0 Å². The molecule has 0 aliphatic carbocycles. The van der Waals surface area contributed by atoms with Crippen molar-refractivity contribution in [2.45, 2.75) is 17.7 Å². The van der Waals surface area contributed by atoms with Crippen molar-refractivity contribution in [3.05, 3.63) is 59.7 Å². The summed E-state index contributed by atoms with van der Waals surface area (Å²) >= 11 is 0. The number of nitrogens with zero attached hydrogens (tertiary/aromatic N) is 2. The molecule has 1 aliphatic heterocycles. The summed E-state index contributed by atoms with van der Waals surface area (Å²) in [7, 11) is -3.72. The molecule has 1 heterocycles. The maximum absolute atomic E-state index is 12.9. The van der Waals surface area contributed by atoms with Crippen LogP contribution in [0.2, 0.25) is 0 Å². The van der Waals surface area contributed by atoms with Gasteiger partial charge in [0.25, 0.3) is 10.0 Å². The molecule has 0 radical (unpaired) electrons. The Morgan fingerprint density at radius 2 is 1.81 bits per heavy atom. The molecule has 0 saturated heterocycles. The number of sulfonamides is 1. The van der Waals surface area contributed by atoms with Crippen molar-refractivity contribution in [3.8, 4) is 6.07 Å². The predicted molar refractivity (Wildman–Crippen MR) is 80.5 cm³/mol. The van der Waals surface area contributed by atoms with E-state index in [0.717, 1.165) is 5.56 Å². The first kappa shape index (κ1) is 13.7. The zero-order valence-corrected chi connectivity index (χ0v) is 12.3. The summed E-state index contributed by atoms with van der Waals surface area (Å²) in [5.74, 6) is 0.144. The van der Waals surface area contributed by atoms with Gasteiger partial charge in [-0.3, -0.25) is 4.31 Å². The highest BCUT2D eigenvalue weighted by atomic mass is 32.2. The molecule has 0 N–H and O–H groups in total. The van der Waals surface area contributed by atoms with Crippen LogP contribution in [-0.4, -0.2) is 15.0 Å². The molecule has 0 amide bonds. The number of hydrogen-bond donors (Lipinski definition) is 0. The number of rotatable bonds is 2. The van der Waals surface area contributed by atoms with Crippen molar-refractivity contribution in [1.29, 1.82) is 5.26 Å². The topological polar surface area (TPSA) is 61.2 Å². The molecule has 0 saturated carbocycles. The molecule has 1 atom stereocenters. The van der Waals surface area contributed by atoms with E-state index < -0.39 is 10.0 Å². The zero-order valence-electron chi connectivity index (χ0n) is 11.5. The van der Waals surface area contributed by atoms with E-state index in [1.54, 1.807) is 12.1 Å². The first-order valence-corrected chi connectivity index (χ1v) is 8.10. The molecule has 106 valence electrons. The van der Waals surface area contributed by atoms with E-state index in [9.17, 15) is 8.42 Å². The van der Waals surface area contributed by atoms with Gasteiger partial charge in [0.15, 0.2) is 0 Å². The highest BCUT2D eigenvalue weighted by Crippen LogP contribution is 2.39. The summed E-state index contributed by atoms with van der Waals surface area (Å²) in [4.78, 5) is 0.0661. The lowest BCUT2D eigenvalue weighted by atomic mass is 10.0. The third-order valence-corrected chi connectivity index (χ3v) is 5.59. The Bertz CT molecular complexity index is 837. The normalized spacial score (nSPS) is 17.3. The number of anilines is 1. The van der Waals surface area contributed by atoms with Gasteiger partial charge in [0, 0.05) is 12.5 Å². The van der Waals surface area contributed by atoms with Crippen LogP contribution in [0, 0.1) is 11.3 Å². The summed E-state index contributed by atoms with van der Waals surface area (Å²) in [5.41, 5.74) is 1.91. The number of nitriles is 1. The highest BCUT2D eigenvalue weighted by Gasteiger charge is 2.35. The first-order valence-electron chi connectivity index (χ1n) is 6.66. The van der Waals surface area contributed by atoms with Crippen LogP contribution in [0.15, 0.2) is 53.4 Å². The standard InChI is InChI=1S/C16H14N2O2S/c1-12-11-18(15-8-4-3-7-14(12)15)21(19,20)16-9-5-2-6-13(16)10-17/h2-9,12H,11H2,1H3. The Hall–Kier alpha value is -2.32. The van der Waals surface area contributed by atoms with Crippen LogP contribution in [0.3, 0.4) is 0 Å². The fourth-order valence-corrected chi connectivity index (χ4v) is 4.43. The van der Waals surface area contributed by atoms with Crippen LogP contribution < -0.4 is 4.31 Å². The zero-order chi connectivity index (χ0) is 15.0. The lowest BCUT2D eigenvalue weighted by molar-refractivity contribution is 0.590. The smallest absolute Gasteiger partial charge is 0.265 e. The molecule has 0 fully saturated rings. The summed E-state index contributed by atoms with van der Waals surface area (Å²) in [5, 5.41) is 9.14. The third kappa shape index (κ3) is 2.08. The van der Waals surface area contributed by atoms with E-state index >= 15 is 0 Å². The summed E-state index contributed by atoms with van der Waals surface area (Å²) in [6, 6.07) is 15.8. The molecule has 5 heteroatoms. The Kier molecular flexibility index (Phi) is 3.19. The Morgan fingerprint density at radius 3 is 2.57 bits per heavy atom. The van der Waals surface area contributed by atoms with E-state index in [2.05, 4.69) is 0 Å². The second kappa shape index (κ2) is 4.90. The van der Waals surface area contributed by atoms with Crippen molar-refractivity contribution >= 4 is 15.7 Å². The molecule has 0 bridgehead atoms. The van der Waals surface area contributed by atoms with Gasteiger partial charge in [0.05, 0.1) is 11.3 Å². The van der Waals surface area contributed by atoms with E-state index in [1.807, 2.05) is 37.3 Å². The quantitative estimate of drug-likeness (QED) is 0.856. The van der Waals surface area contributed by atoms with Crippen LogP contribution in [0.1, 0.15) is 24.0 Å². The summed E-state index contributed by atoms with van der Waals surface area (Å²) < 4.78 is 27.2. The molecule has 0 spiro atoms. The molecule has 2 aromatic carbocycles. The second-order valence-electron chi connectivity index (χ2n) is 5.10. The van der Waals surface area contributed by atoms with Gasteiger partial charge in [-0.2, -0.15) is 5.26 Å². The van der Waals surface area contributed by atoms with Crippen molar-refractivity contribution < 1.29 is 8.42 Å². The molecule has 1 aliphatic rings. The lowest BCUT2D eigenvalue weighted by Crippen LogP contribution is -2.30. The molecule has 1 unspecified atom stereocenters. The molecule has 4 nitrogen and oxygen atoms in total. The minimum Gasteiger partial charge on any atom is -0.265 e. The maximum Gasteiger partial charge on any atom is 0.265 e. The first-order chi connectivity index (χ1) is 10.1. The van der Waals surface area contributed by atoms with Crippen LogP contribution in [0.5, 0.6) is 0 Å². The fourth-order valence-electron chi connectivity index (χ4n) is 2.71. The summed E-state index contributed by atoms with van der Waals surface area (Å²) in [6.45, 7) is 2.41. The SMILES string of the molecule is CC1CN(S(=O)(=O)c2ccccc2C#N)c2ccccc21. The number of hydrogen-bond acceptors (Lipinski definition) is 3. The van der Waals surface area contributed by atoms with Gasteiger partial charge < -0.3 is 0 Å². The van der Waals surface area contributed by atoms with Crippen LogP contribution in [0.25, 0.3) is 0 Å². The van der Waals surface area contributed by atoms with E-state index in [1.165, 1.54) is 16.4 Å². The van der Waals surface area contributed by atoms with Gasteiger partial charge in [-0.15, -0.1) is 0 Å². The molecular formula is C16H14N2O2S. The fraction of sp³-hybridized carbons (Fsp3) is 0.188. The van der Waals surface area contributed by atoms with Crippen molar-refractivity contribution in [3.63, 3.8) is 0 Å². The van der Waals surface area contributed by atoms with Crippen molar-refractivity contribution in [2.24, 2.45) is 0 Å². The number of para-hydroxylation sites is 1. The largest absolute Gasteiger partial charge is 0.265 e. The lowest BCUT2D eigenvalue weighted by Gasteiger charge is -2.20. The molecule has 2 aromatic rings. The highest BCUT2D eigenvalue weighted by molar-refractivity contribution is 7.93. The Morgan fingerprint density at radius 1 is 1.14 bits per heavy atom. The van der Waals surface area contributed by atoms with Crippen LogP contribution >= 0.6 is 0 Å². The number of fused-ring (bicyclic) bond motifs is 1. The third-order valence-electron chi connectivity index (χ3n) is 3.75. The minimum atomic E-state index is -3.72. The monoisotopic (exact) mass is 298 g/mol. The Balaban J connectivity index is 2.15. The molecule has 3 rings (SSSR count). The van der Waals surface area contributed by atoms with Gasteiger partial charge >= 0.3 is 0 Å². The van der Waals surface area contributed by atoms with E-state index in [0.29, 0.717) is 12.2 Å². The average Bonchev–Trinajstić information content (AvgIpc) is 2.85. The minimum absolute atomic E-state index is 0.0661. The molecule has 21 heavy (non-hydrogen) atoms. The van der Waals surface area contributed by atoms with Crippen molar-refractivity contribution in [1.82, 2.24) is 0 Å². The van der Waals surface area contributed by atoms with Gasteiger partial charge in [-0.1, -0.05) is 37.3 Å². The molecular weight excluding hydrogens is 284 g/mol. The Labute approximate surface area is 124 Å². The van der Waals surface area contributed by atoms with E-state index in [4.69, 9.17) is 5.26 Å². The summed E-state index contributed by atoms with van der Waals surface area (Å²) in [6.07, 6.45) is 0. The maximum atomic E-state index is 12.9. The van der Waals surface area contributed by atoms with Gasteiger partial charge in [0.2, 0.25) is 0 Å². The van der Waals surface area contributed by atoms with Crippen LogP contribution in [0.4, 0.5) is 5.69 Å². The predicted octanol–water partition coefficient (Wildman–Crippen LogP) is 2.87. The number of benzene rings is 2. The molecule has 0 aromatic heterocycles. The van der Waals surface area contributed by atoms with Gasteiger partial charge in [-0.05, 0) is 23.8 Å². The second-order valence-corrected chi connectivity index (χ2v) is 6.93. The van der Waals surface area contributed by atoms with Gasteiger partial charge in [-0.25, -0.2) is 8.42 Å². The van der Waals surface area contributed by atoms with Crippen molar-refractivity contribution in [2.75, 3.05) is 10.8 Å².